The first-order valence-electron chi connectivity index (χ1n) is 7.12. The van der Waals surface area contributed by atoms with Crippen LogP contribution in [0.1, 0.15) is 18.9 Å². The average molecular weight is 289 g/mol. The lowest BCUT2D eigenvalue weighted by atomic mass is 9.93. The summed E-state index contributed by atoms with van der Waals surface area (Å²) in [4.78, 5) is 13.4. The zero-order valence-electron chi connectivity index (χ0n) is 12.8. The van der Waals surface area contributed by atoms with Crippen molar-refractivity contribution in [3.8, 4) is 0 Å². The van der Waals surface area contributed by atoms with Crippen LogP contribution >= 0.6 is 0 Å². The normalized spacial score (nSPS) is 18.4. The smallest absolute Gasteiger partial charge is 0.240 e. The molecule has 0 aromatic heterocycles. The molecule has 2 rings (SSSR count). The van der Waals surface area contributed by atoms with Gasteiger partial charge in [0, 0.05) is 31.0 Å². The van der Waals surface area contributed by atoms with Crippen molar-refractivity contribution in [2.45, 2.75) is 13.3 Å². The summed E-state index contributed by atoms with van der Waals surface area (Å²) in [6.45, 7) is 3.78. The van der Waals surface area contributed by atoms with Crippen LogP contribution in [0.2, 0.25) is 0 Å². The van der Waals surface area contributed by atoms with Gasteiger partial charge in [0.2, 0.25) is 5.91 Å². The van der Waals surface area contributed by atoms with E-state index in [9.17, 15) is 4.79 Å². The maximum atomic E-state index is 11.3. The zero-order valence-corrected chi connectivity index (χ0v) is 12.8. The van der Waals surface area contributed by atoms with E-state index in [0.29, 0.717) is 12.1 Å². The fraction of sp³-hybridized carbons (Fsp3) is 0.467. The van der Waals surface area contributed by atoms with Crippen molar-refractivity contribution in [2.24, 2.45) is 11.0 Å². The van der Waals surface area contributed by atoms with Crippen molar-refractivity contribution in [2.75, 3.05) is 38.2 Å². The predicted molar refractivity (Wildman–Crippen MR) is 86.4 cm³/mol. The van der Waals surface area contributed by atoms with E-state index in [1.165, 1.54) is 0 Å². The first-order valence-corrected chi connectivity index (χ1v) is 7.12. The molecule has 0 radical (unpaired) electrons. The summed E-state index contributed by atoms with van der Waals surface area (Å²) in [5.74, 6) is 0.0619. The number of hydrogen-bond acceptors (Lipinski definition) is 5. The quantitative estimate of drug-likeness (QED) is 0.709. The van der Waals surface area contributed by atoms with E-state index in [1.807, 2.05) is 39.2 Å². The second-order valence-electron chi connectivity index (χ2n) is 5.67. The average Bonchev–Trinajstić information content (AvgIpc) is 2.40. The van der Waals surface area contributed by atoms with E-state index < -0.39 is 0 Å². The molecule has 1 heterocycles. The third-order valence-corrected chi connectivity index (χ3v) is 3.48. The van der Waals surface area contributed by atoms with Gasteiger partial charge in [0.05, 0.1) is 17.1 Å². The van der Waals surface area contributed by atoms with Crippen molar-refractivity contribution < 1.29 is 4.79 Å². The van der Waals surface area contributed by atoms with E-state index in [-0.39, 0.29) is 11.8 Å². The molecule has 6 heteroatoms. The van der Waals surface area contributed by atoms with Crippen molar-refractivity contribution in [1.82, 2.24) is 10.3 Å². The molecule has 1 atom stereocenters. The highest BCUT2D eigenvalue weighted by molar-refractivity contribution is 6.06. The molecule has 0 bridgehead atoms. The predicted octanol–water partition coefficient (Wildman–Crippen LogP) is 1.10. The number of hydrogen-bond donors (Lipinski definition) is 3. The molecule has 114 valence electrons. The highest BCUT2D eigenvalue weighted by Crippen LogP contribution is 2.23. The topological polar surface area (TPSA) is 82.8 Å². The molecule has 6 nitrogen and oxygen atoms in total. The first-order chi connectivity index (χ1) is 9.97. The van der Waals surface area contributed by atoms with Gasteiger partial charge in [0.1, 0.15) is 0 Å². The Kier molecular flexibility index (Phi) is 4.80. The number of carbonyl (C=O) groups is 1. The Morgan fingerprint density at radius 2 is 2.24 bits per heavy atom. The van der Waals surface area contributed by atoms with Gasteiger partial charge in [0.15, 0.2) is 0 Å². The van der Waals surface area contributed by atoms with Gasteiger partial charge in [0.25, 0.3) is 0 Å². The molecule has 0 fully saturated rings. The Balaban J connectivity index is 2.10. The number of nitrogens with two attached hydrogens (primary N) is 1. The summed E-state index contributed by atoms with van der Waals surface area (Å²) >= 11 is 0. The molecule has 1 unspecified atom stereocenters. The second kappa shape index (κ2) is 6.58. The molecule has 1 aromatic carbocycles. The third kappa shape index (κ3) is 3.95. The van der Waals surface area contributed by atoms with Crippen LogP contribution in [0, 0.1) is 5.92 Å². The van der Waals surface area contributed by atoms with Gasteiger partial charge in [-0.25, -0.2) is 5.43 Å². The highest BCUT2D eigenvalue weighted by Gasteiger charge is 2.21. The fourth-order valence-electron chi connectivity index (χ4n) is 2.30. The zero-order chi connectivity index (χ0) is 15.4. The van der Waals surface area contributed by atoms with Gasteiger partial charge in [-0.2, -0.15) is 5.10 Å². The van der Waals surface area contributed by atoms with Crippen molar-refractivity contribution in [3.05, 3.63) is 23.8 Å². The van der Waals surface area contributed by atoms with Crippen molar-refractivity contribution >= 4 is 23.0 Å². The fourth-order valence-corrected chi connectivity index (χ4v) is 2.30. The Labute approximate surface area is 125 Å². The number of anilines is 2. The second-order valence-corrected chi connectivity index (χ2v) is 5.67. The summed E-state index contributed by atoms with van der Waals surface area (Å²) in [6, 6.07) is 5.86. The molecule has 0 aliphatic carbocycles. The Hall–Kier alpha value is -2.08. The highest BCUT2D eigenvalue weighted by atomic mass is 16.2. The lowest BCUT2D eigenvalue weighted by Gasteiger charge is -2.20. The minimum Gasteiger partial charge on any atom is -0.397 e. The maximum Gasteiger partial charge on any atom is 0.240 e. The van der Waals surface area contributed by atoms with E-state index in [2.05, 4.69) is 20.7 Å². The van der Waals surface area contributed by atoms with Crippen LogP contribution in [0.5, 0.6) is 0 Å². The number of carbonyl (C=O) groups excluding carboxylic acids is 1. The number of hydrazone groups is 1. The molecule has 1 aliphatic rings. The number of amides is 1. The SMILES string of the molecule is CC1CC(=O)NN=C1c1ccc(NCCN(C)C)c(N)c1. The summed E-state index contributed by atoms with van der Waals surface area (Å²) < 4.78 is 0. The Morgan fingerprint density at radius 3 is 2.86 bits per heavy atom. The largest absolute Gasteiger partial charge is 0.397 e. The monoisotopic (exact) mass is 289 g/mol. The molecule has 4 N–H and O–H groups in total. The van der Waals surface area contributed by atoms with E-state index in [1.54, 1.807) is 0 Å². The number of likely N-dealkylation sites (N-methyl/N-ethyl adjacent to an activating group) is 1. The molecular formula is C15H23N5O. The summed E-state index contributed by atoms with van der Waals surface area (Å²) in [5, 5.41) is 7.47. The third-order valence-electron chi connectivity index (χ3n) is 3.48. The number of nitrogens with one attached hydrogen (secondary N) is 2. The number of nitrogen functional groups attached to an aromatic ring is 1. The maximum absolute atomic E-state index is 11.3. The van der Waals surface area contributed by atoms with Crippen molar-refractivity contribution in [3.63, 3.8) is 0 Å². The Morgan fingerprint density at radius 1 is 1.48 bits per heavy atom. The molecular weight excluding hydrogens is 266 g/mol. The Bertz CT molecular complexity index is 553. The van der Waals surface area contributed by atoms with Gasteiger partial charge in [-0.3, -0.25) is 4.79 Å². The number of nitrogens with zero attached hydrogens (tertiary/aromatic N) is 2. The number of rotatable bonds is 5. The summed E-state index contributed by atoms with van der Waals surface area (Å²) in [7, 11) is 4.07. The summed E-state index contributed by atoms with van der Waals surface area (Å²) in [5.41, 5.74) is 12.1. The van der Waals surface area contributed by atoms with Crippen LogP contribution in [0.4, 0.5) is 11.4 Å². The molecule has 1 amide bonds. The van der Waals surface area contributed by atoms with Crippen LogP contribution in [-0.2, 0) is 4.79 Å². The molecule has 1 aliphatic heterocycles. The van der Waals surface area contributed by atoms with Crippen LogP contribution in [0.3, 0.4) is 0 Å². The van der Waals surface area contributed by atoms with Gasteiger partial charge in [-0.05, 0) is 26.2 Å². The van der Waals surface area contributed by atoms with Gasteiger partial charge < -0.3 is 16.0 Å². The minimum absolute atomic E-state index is 0.0406. The van der Waals surface area contributed by atoms with E-state index in [4.69, 9.17) is 5.73 Å². The van der Waals surface area contributed by atoms with Crippen LogP contribution < -0.4 is 16.5 Å². The molecule has 1 aromatic rings. The first kappa shape index (κ1) is 15.3. The minimum atomic E-state index is -0.0406. The molecule has 0 saturated heterocycles. The molecule has 0 spiro atoms. The van der Waals surface area contributed by atoms with Gasteiger partial charge in [-0.1, -0.05) is 13.0 Å². The standard InChI is InChI=1S/C15H23N5O/c1-10-8-14(21)18-19-15(10)11-4-5-13(12(16)9-11)17-6-7-20(2)3/h4-5,9-10,17H,6-8,16H2,1-3H3,(H,18,21). The van der Waals surface area contributed by atoms with Crippen LogP contribution in [0.25, 0.3) is 0 Å². The lowest BCUT2D eigenvalue weighted by Crippen LogP contribution is -2.32. The summed E-state index contributed by atoms with van der Waals surface area (Å²) in [6.07, 6.45) is 0.460. The van der Waals surface area contributed by atoms with Gasteiger partial charge >= 0.3 is 0 Å². The molecule has 21 heavy (non-hydrogen) atoms. The van der Waals surface area contributed by atoms with Gasteiger partial charge in [-0.15, -0.1) is 0 Å². The van der Waals surface area contributed by atoms with Crippen molar-refractivity contribution in [1.29, 1.82) is 0 Å². The van der Waals surface area contributed by atoms with E-state index in [0.717, 1.165) is 30.1 Å². The van der Waals surface area contributed by atoms with E-state index >= 15 is 0 Å². The molecule has 0 saturated carbocycles. The lowest BCUT2D eigenvalue weighted by molar-refractivity contribution is -0.121. The van der Waals surface area contributed by atoms with Crippen LogP contribution in [0.15, 0.2) is 23.3 Å². The van der Waals surface area contributed by atoms with Crippen LogP contribution in [-0.4, -0.2) is 43.7 Å². The number of benzene rings is 1.